The molecule has 2 aromatic rings. The molecule has 29 heavy (non-hydrogen) atoms. The SMILES string of the molecule is Cc1ccc(S(=O)(=O)N2CCCCC2)cc1C(=O)OCC(=O)c1ccccc1F. The van der Waals surface area contributed by atoms with Gasteiger partial charge in [0.1, 0.15) is 5.82 Å². The summed E-state index contributed by atoms with van der Waals surface area (Å²) in [4.78, 5) is 24.6. The van der Waals surface area contributed by atoms with Gasteiger partial charge in [-0.2, -0.15) is 4.31 Å². The predicted molar refractivity (Wildman–Crippen MR) is 105 cm³/mol. The quantitative estimate of drug-likeness (QED) is 0.530. The highest BCUT2D eigenvalue weighted by atomic mass is 32.2. The molecule has 8 heteroatoms. The van der Waals surface area contributed by atoms with Crippen LogP contribution in [0.3, 0.4) is 0 Å². The van der Waals surface area contributed by atoms with E-state index >= 15 is 0 Å². The Morgan fingerprint density at radius 1 is 1.03 bits per heavy atom. The van der Waals surface area contributed by atoms with Gasteiger partial charge in [0.05, 0.1) is 16.0 Å². The van der Waals surface area contributed by atoms with Crippen LogP contribution in [0.2, 0.25) is 0 Å². The van der Waals surface area contributed by atoms with Crippen molar-refractivity contribution in [3.8, 4) is 0 Å². The number of ether oxygens (including phenoxy) is 1. The van der Waals surface area contributed by atoms with Crippen LogP contribution in [-0.4, -0.2) is 44.2 Å². The van der Waals surface area contributed by atoms with Crippen molar-refractivity contribution in [2.45, 2.75) is 31.1 Å². The van der Waals surface area contributed by atoms with Gasteiger partial charge in [-0.15, -0.1) is 0 Å². The summed E-state index contributed by atoms with van der Waals surface area (Å²) in [7, 11) is -3.71. The van der Waals surface area contributed by atoms with Crippen LogP contribution >= 0.6 is 0 Å². The molecule has 0 atom stereocenters. The fourth-order valence-corrected chi connectivity index (χ4v) is 4.75. The number of rotatable bonds is 6. The largest absolute Gasteiger partial charge is 0.454 e. The molecule has 0 N–H and O–H groups in total. The lowest BCUT2D eigenvalue weighted by Crippen LogP contribution is -2.35. The molecule has 3 rings (SSSR count). The number of carbonyl (C=O) groups excluding carboxylic acids is 2. The number of piperidine rings is 1. The van der Waals surface area contributed by atoms with Crippen molar-refractivity contribution in [3.05, 3.63) is 65.0 Å². The number of ketones is 1. The number of Topliss-reactive ketones (excluding diaryl/α,β-unsaturated/α-hetero) is 1. The fourth-order valence-electron chi connectivity index (χ4n) is 3.21. The van der Waals surface area contributed by atoms with Gasteiger partial charge >= 0.3 is 5.97 Å². The van der Waals surface area contributed by atoms with Crippen molar-refractivity contribution < 1.29 is 27.1 Å². The van der Waals surface area contributed by atoms with E-state index in [4.69, 9.17) is 4.74 Å². The van der Waals surface area contributed by atoms with Gasteiger partial charge in [-0.05, 0) is 49.6 Å². The Hall–Kier alpha value is -2.58. The lowest BCUT2D eigenvalue weighted by Gasteiger charge is -2.26. The summed E-state index contributed by atoms with van der Waals surface area (Å²) in [5, 5.41) is 0. The Bertz CT molecular complexity index is 1030. The van der Waals surface area contributed by atoms with Gasteiger partial charge in [0.25, 0.3) is 0 Å². The van der Waals surface area contributed by atoms with Gasteiger partial charge in [-0.1, -0.05) is 24.6 Å². The molecule has 1 saturated heterocycles. The number of halogens is 1. The second kappa shape index (κ2) is 8.84. The van der Waals surface area contributed by atoms with Crippen molar-refractivity contribution >= 4 is 21.8 Å². The summed E-state index contributed by atoms with van der Waals surface area (Å²) >= 11 is 0. The van der Waals surface area contributed by atoms with E-state index < -0.39 is 34.2 Å². The second-order valence-electron chi connectivity index (χ2n) is 6.92. The molecular weight excluding hydrogens is 397 g/mol. The van der Waals surface area contributed by atoms with E-state index in [2.05, 4.69) is 0 Å². The zero-order chi connectivity index (χ0) is 21.0. The second-order valence-corrected chi connectivity index (χ2v) is 8.86. The van der Waals surface area contributed by atoms with Crippen LogP contribution < -0.4 is 0 Å². The molecule has 0 amide bonds. The first-order valence-electron chi connectivity index (χ1n) is 9.36. The molecule has 0 spiro atoms. The van der Waals surface area contributed by atoms with Gasteiger partial charge in [0, 0.05) is 13.1 Å². The third kappa shape index (κ3) is 4.71. The van der Waals surface area contributed by atoms with E-state index in [1.807, 2.05) is 0 Å². The lowest BCUT2D eigenvalue weighted by atomic mass is 10.1. The number of esters is 1. The molecule has 1 aliphatic heterocycles. The molecule has 1 heterocycles. The Kier molecular flexibility index (Phi) is 6.44. The molecular formula is C21H22FNO5S. The molecule has 0 aromatic heterocycles. The van der Waals surface area contributed by atoms with Crippen molar-refractivity contribution in [1.82, 2.24) is 4.31 Å². The summed E-state index contributed by atoms with van der Waals surface area (Å²) in [5.74, 6) is -2.20. The van der Waals surface area contributed by atoms with E-state index in [-0.39, 0.29) is 16.0 Å². The summed E-state index contributed by atoms with van der Waals surface area (Å²) in [5.41, 5.74) is 0.411. The van der Waals surface area contributed by atoms with Crippen molar-refractivity contribution in [2.75, 3.05) is 19.7 Å². The zero-order valence-electron chi connectivity index (χ0n) is 16.1. The predicted octanol–water partition coefficient (Wildman–Crippen LogP) is 3.35. The maximum Gasteiger partial charge on any atom is 0.338 e. The fraction of sp³-hybridized carbons (Fsp3) is 0.333. The highest BCUT2D eigenvalue weighted by Gasteiger charge is 2.27. The maximum atomic E-state index is 13.7. The topological polar surface area (TPSA) is 80.8 Å². The third-order valence-electron chi connectivity index (χ3n) is 4.89. The van der Waals surface area contributed by atoms with E-state index in [9.17, 15) is 22.4 Å². The lowest BCUT2D eigenvalue weighted by molar-refractivity contribution is 0.0472. The molecule has 0 saturated carbocycles. The highest BCUT2D eigenvalue weighted by molar-refractivity contribution is 7.89. The highest BCUT2D eigenvalue weighted by Crippen LogP contribution is 2.23. The first-order valence-corrected chi connectivity index (χ1v) is 10.8. The van der Waals surface area contributed by atoms with Gasteiger partial charge < -0.3 is 4.74 Å². The van der Waals surface area contributed by atoms with Gasteiger partial charge in [0.2, 0.25) is 15.8 Å². The summed E-state index contributed by atoms with van der Waals surface area (Å²) in [6.07, 6.45) is 2.60. The molecule has 0 aliphatic carbocycles. The number of nitrogens with zero attached hydrogens (tertiary/aromatic N) is 1. The van der Waals surface area contributed by atoms with Crippen LogP contribution in [0.25, 0.3) is 0 Å². The van der Waals surface area contributed by atoms with Crippen LogP contribution in [0, 0.1) is 12.7 Å². The number of hydrogen-bond acceptors (Lipinski definition) is 5. The number of sulfonamides is 1. The standard InChI is InChI=1S/C21H22FNO5S/c1-15-9-10-16(29(26,27)23-11-5-2-6-12-23)13-18(15)21(25)28-14-20(24)17-7-3-4-8-19(17)22/h3-4,7-10,13H,2,5-6,11-12,14H2,1H3. The molecule has 0 unspecified atom stereocenters. The monoisotopic (exact) mass is 419 g/mol. The Morgan fingerprint density at radius 2 is 1.72 bits per heavy atom. The normalized spacial score (nSPS) is 15.1. The first kappa shape index (κ1) is 21.1. The average molecular weight is 419 g/mol. The summed E-state index contributed by atoms with van der Waals surface area (Å²) in [6, 6.07) is 9.69. The summed E-state index contributed by atoms with van der Waals surface area (Å²) < 4.78 is 45.8. The van der Waals surface area contributed by atoms with Crippen LogP contribution in [0.15, 0.2) is 47.4 Å². The molecule has 154 valence electrons. The van der Waals surface area contributed by atoms with Gasteiger partial charge in [-0.25, -0.2) is 17.6 Å². The van der Waals surface area contributed by atoms with E-state index in [1.165, 1.54) is 40.7 Å². The Morgan fingerprint density at radius 3 is 2.41 bits per heavy atom. The molecule has 0 bridgehead atoms. The van der Waals surface area contributed by atoms with Crippen LogP contribution in [0.1, 0.15) is 45.5 Å². The molecule has 1 aliphatic rings. The molecule has 1 fully saturated rings. The van der Waals surface area contributed by atoms with Gasteiger partial charge in [0.15, 0.2) is 6.61 Å². The minimum atomic E-state index is -3.71. The van der Waals surface area contributed by atoms with Crippen LogP contribution in [-0.2, 0) is 14.8 Å². The number of carbonyl (C=O) groups is 2. The first-order chi connectivity index (χ1) is 13.8. The van der Waals surface area contributed by atoms with Gasteiger partial charge in [-0.3, -0.25) is 4.79 Å². The van der Waals surface area contributed by atoms with Crippen molar-refractivity contribution in [3.63, 3.8) is 0 Å². The maximum absolute atomic E-state index is 13.7. The Labute approximate surface area is 169 Å². The van der Waals surface area contributed by atoms with E-state index in [0.717, 1.165) is 25.3 Å². The van der Waals surface area contributed by atoms with E-state index in [0.29, 0.717) is 18.7 Å². The number of aryl methyl sites for hydroxylation is 1. The van der Waals surface area contributed by atoms with Crippen molar-refractivity contribution in [2.24, 2.45) is 0 Å². The van der Waals surface area contributed by atoms with Crippen LogP contribution in [0.4, 0.5) is 4.39 Å². The minimum Gasteiger partial charge on any atom is -0.454 e. The summed E-state index contributed by atoms with van der Waals surface area (Å²) in [6.45, 7) is 1.91. The number of benzene rings is 2. The molecule has 0 radical (unpaired) electrons. The average Bonchev–Trinajstić information content (AvgIpc) is 2.73. The molecule has 6 nitrogen and oxygen atoms in total. The van der Waals surface area contributed by atoms with Crippen molar-refractivity contribution in [1.29, 1.82) is 0 Å². The van der Waals surface area contributed by atoms with Crippen LogP contribution in [0.5, 0.6) is 0 Å². The smallest absolute Gasteiger partial charge is 0.338 e. The third-order valence-corrected chi connectivity index (χ3v) is 6.79. The minimum absolute atomic E-state index is 0.0115. The zero-order valence-corrected chi connectivity index (χ0v) is 16.9. The molecule has 2 aromatic carbocycles. The van der Waals surface area contributed by atoms with E-state index in [1.54, 1.807) is 6.92 Å². The Balaban J connectivity index is 1.76. The number of hydrogen-bond donors (Lipinski definition) is 0.